The van der Waals surface area contributed by atoms with Crippen molar-refractivity contribution >= 4 is 71.2 Å². The molecule has 298 valence electrons. The number of hydrogen-bond donors (Lipinski definition) is 1. The smallest absolute Gasteiger partial charge is 0.163 e. The van der Waals surface area contributed by atoms with Crippen molar-refractivity contribution in [1.82, 2.24) is 13.7 Å². The van der Waals surface area contributed by atoms with E-state index in [2.05, 4.69) is 138 Å². The van der Waals surface area contributed by atoms with E-state index in [4.69, 9.17) is 0 Å². The number of Topliss-reactive ketones (excluding diaryl/α,β-unsaturated/α-hetero) is 1. The molecule has 6 aromatic carbocycles. The molecule has 0 radical (unpaired) electrons. The Hall–Kier alpha value is -5.65. The van der Waals surface area contributed by atoms with Crippen LogP contribution in [0.2, 0.25) is 0 Å². The van der Waals surface area contributed by atoms with Crippen LogP contribution in [0.25, 0.3) is 65.4 Å². The number of carbonyl (C=O) groups is 1. The van der Waals surface area contributed by atoms with Crippen molar-refractivity contribution in [2.75, 3.05) is 0 Å². The molecule has 3 aliphatic rings. The molecular weight excluding hydrogens is 723 g/mol. The van der Waals surface area contributed by atoms with Crippen molar-refractivity contribution in [1.29, 1.82) is 0 Å². The van der Waals surface area contributed by atoms with Crippen molar-refractivity contribution in [2.45, 2.75) is 111 Å². The maximum absolute atomic E-state index is 12.0. The number of carbonyl (C=O) groups excluding carboxylic acids is 1. The standard InChI is InChI=1S/C18H19NO.C18H17NO.C18H19N/c2*1-2-11-19-15-6-4-3-5-14(15)18-13-8-10-17(20)12(13)7-9-16(18)19;1-2-12-19-16-9-4-3-7-15(16)18-14-8-5-6-13(14)10-11-17(18)19/h3-7,9,17,20H,2,8,10-11H2,1H3;3-7,9H,2,8,10-11H2,1H3;3-4,7,9-11H,2,5-6,8,12H2,1H3. The summed E-state index contributed by atoms with van der Waals surface area (Å²) in [5, 5.41) is 18.4. The summed E-state index contributed by atoms with van der Waals surface area (Å²) in [7, 11) is 0. The first-order chi connectivity index (χ1) is 29.0. The van der Waals surface area contributed by atoms with Gasteiger partial charge in [-0.05, 0) is 128 Å². The second kappa shape index (κ2) is 15.5. The third-order valence-corrected chi connectivity index (χ3v) is 13.4. The van der Waals surface area contributed by atoms with E-state index >= 15 is 0 Å². The van der Waals surface area contributed by atoms with Gasteiger partial charge in [0.1, 0.15) is 0 Å². The van der Waals surface area contributed by atoms with E-state index in [1.54, 1.807) is 11.1 Å². The van der Waals surface area contributed by atoms with Crippen LogP contribution in [0.4, 0.5) is 0 Å². The number of hydrogen-bond acceptors (Lipinski definition) is 2. The minimum atomic E-state index is -0.275. The molecule has 0 bridgehead atoms. The maximum Gasteiger partial charge on any atom is 0.163 e. The minimum absolute atomic E-state index is 0.275. The van der Waals surface area contributed by atoms with Gasteiger partial charge < -0.3 is 18.8 Å². The normalized spacial score (nSPS) is 15.6. The highest BCUT2D eigenvalue weighted by molar-refractivity contribution is 6.15. The molecule has 3 aliphatic carbocycles. The fourth-order valence-corrected chi connectivity index (χ4v) is 11.0. The first-order valence-corrected chi connectivity index (χ1v) is 22.3. The summed E-state index contributed by atoms with van der Waals surface area (Å²) in [6.07, 6.45) is 10.4. The third kappa shape index (κ3) is 6.11. The molecule has 5 heteroatoms. The molecule has 0 amide bonds. The largest absolute Gasteiger partial charge is 0.388 e. The molecule has 9 aromatic rings. The number of fused-ring (bicyclic) bond motifs is 15. The highest BCUT2D eigenvalue weighted by Crippen LogP contribution is 2.41. The van der Waals surface area contributed by atoms with Crippen LogP contribution >= 0.6 is 0 Å². The van der Waals surface area contributed by atoms with E-state index in [9.17, 15) is 9.90 Å². The summed E-state index contributed by atoms with van der Waals surface area (Å²) in [5.41, 5.74) is 15.9. The number of rotatable bonds is 6. The molecule has 59 heavy (non-hydrogen) atoms. The molecule has 3 heterocycles. The van der Waals surface area contributed by atoms with Crippen LogP contribution in [-0.2, 0) is 45.3 Å². The quantitative estimate of drug-likeness (QED) is 0.183. The number of ketones is 1. The molecule has 0 saturated carbocycles. The summed E-state index contributed by atoms with van der Waals surface area (Å²) in [4.78, 5) is 12.0. The molecule has 5 nitrogen and oxygen atoms in total. The van der Waals surface area contributed by atoms with Crippen LogP contribution in [0.1, 0.15) is 104 Å². The minimum Gasteiger partial charge on any atom is -0.388 e. The summed E-state index contributed by atoms with van der Waals surface area (Å²) in [6, 6.07) is 39.3. The number of benzene rings is 6. The Kier molecular flexibility index (Phi) is 9.88. The van der Waals surface area contributed by atoms with Crippen molar-refractivity contribution in [3.8, 4) is 0 Å². The number of aryl methyl sites for hydroxylation is 7. The molecule has 3 aromatic heterocycles. The average molecular weight is 778 g/mol. The molecule has 0 fully saturated rings. The summed E-state index contributed by atoms with van der Waals surface area (Å²) < 4.78 is 7.33. The Morgan fingerprint density at radius 1 is 0.492 bits per heavy atom. The van der Waals surface area contributed by atoms with Crippen molar-refractivity contribution in [2.24, 2.45) is 0 Å². The Morgan fingerprint density at radius 2 is 0.983 bits per heavy atom. The zero-order valence-electron chi connectivity index (χ0n) is 34.9. The Labute approximate surface area is 346 Å². The van der Waals surface area contributed by atoms with Gasteiger partial charge in [-0.3, -0.25) is 4.79 Å². The van der Waals surface area contributed by atoms with Crippen LogP contribution in [0, 0.1) is 0 Å². The van der Waals surface area contributed by atoms with Crippen molar-refractivity contribution in [3.63, 3.8) is 0 Å². The predicted octanol–water partition coefficient (Wildman–Crippen LogP) is 13.2. The van der Waals surface area contributed by atoms with Gasteiger partial charge in [-0.25, -0.2) is 0 Å². The van der Waals surface area contributed by atoms with Gasteiger partial charge in [-0.15, -0.1) is 0 Å². The van der Waals surface area contributed by atoms with Crippen LogP contribution in [-0.4, -0.2) is 24.6 Å². The van der Waals surface area contributed by atoms with Gasteiger partial charge in [0.25, 0.3) is 0 Å². The van der Waals surface area contributed by atoms with Crippen LogP contribution in [0.3, 0.4) is 0 Å². The van der Waals surface area contributed by atoms with Crippen LogP contribution in [0.15, 0.2) is 109 Å². The zero-order valence-corrected chi connectivity index (χ0v) is 34.9. The number of aliphatic hydroxyl groups is 1. The number of aromatic nitrogens is 3. The lowest BCUT2D eigenvalue weighted by Gasteiger charge is -2.07. The maximum atomic E-state index is 12.0. The van der Waals surface area contributed by atoms with Gasteiger partial charge in [0, 0.05) is 97.0 Å². The molecule has 0 spiro atoms. The first-order valence-electron chi connectivity index (χ1n) is 22.3. The van der Waals surface area contributed by atoms with E-state index in [0.29, 0.717) is 12.2 Å². The average Bonchev–Trinajstić information content (AvgIpc) is 4.13. The molecule has 0 aliphatic heterocycles. The third-order valence-electron chi connectivity index (χ3n) is 13.4. The van der Waals surface area contributed by atoms with E-state index < -0.39 is 0 Å². The van der Waals surface area contributed by atoms with E-state index in [0.717, 1.165) is 62.9 Å². The lowest BCUT2D eigenvalue weighted by atomic mass is 10.0. The van der Waals surface area contributed by atoms with Crippen LogP contribution in [0.5, 0.6) is 0 Å². The lowest BCUT2D eigenvalue weighted by molar-refractivity contribution is 0.0994. The van der Waals surface area contributed by atoms with E-state index in [1.165, 1.54) is 102 Å². The Morgan fingerprint density at radius 3 is 1.54 bits per heavy atom. The lowest BCUT2D eigenvalue weighted by Crippen LogP contribution is -1.96. The second-order valence-electron chi connectivity index (χ2n) is 16.9. The molecule has 1 unspecified atom stereocenters. The fraction of sp³-hybridized carbons (Fsp3) is 0.315. The summed E-state index contributed by atoms with van der Waals surface area (Å²) in [5.74, 6) is 0.300. The molecule has 0 saturated heterocycles. The van der Waals surface area contributed by atoms with E-state index in [-0.39, 0.29) is 6.10 Å². The predicted molar refractivity (Wildman–Crippen MR) is 247 cm³/mol. The summed E-state index contributed by atoms with van der Waals surface area (Å²) in [6.45, 7) is 9.87. The SMILES string of the molecule is CCCn1c2ccccc2c2c3c(ccc21)C(=O)CC3.CCCn1c2ccccc2c2c3c(ccc21)C(O)CC3.CCCn1c2ccccc2c2c3c(ccc21)CCC3. The highest BCUT2D eigenvalue weighted by atomic mass is 16.3. The second-order valence-corrected chi connectivity index (χ2v) is 16.9. The Balaban J connectivity index is 0.000000107. The molecule has 12 rings (SSSR count). The summed E-state index contributed by atoms with van der Waals surface area (Å²) >= 11 is 0. The van der Waals surface area contributed by atoms with E-state index in [1.807, 2.05) is 6.07 Å². The monoisotopic (exact) mass is 777 g/mol. The number of aliphatic hydroxyl groups excluding tert-OH is 1. The van der Waals surface area contributed by atoms with Gasteiger partial charge in [0.15, 0.2) is 5.78 Å². The van der Waals surface area contributed by atoms with Crippen molar-refractivity contribution in [3.05, 3.63) is 143 Å². The molecular formula is C54H55N3O2. The van der Waals surface area contributed by atoms with Crippen LogP contribution < -0.4 is 0 Å². The van der Waals surface area contributed by atoms with Gasteiger partial charge in [-0.1, -0.05) is 87.5 Å². The number of nitrogens with zero attached hydrogens (tertiary/aromatic N) is 3. The van der Waals surface area contributed by atoms with Gasteiger partial charge in [0.2, 0.25) is 0 Å². The fourth-order valence-electron chi connectivity index (χ4n) is 11.0. The first kappa shape index (κ1) is 37.6. The van der Waals surface area contributed by atoms with Gasteiger partial charge in [-0.2, -0.15) is 0 Å². The number of para-hydroxylation sites is 3. The highest BCUT2D eigenvalue weighted by Gasteiger charge is 2.26. The van der Waals surface area contributed by atoms with Crippen molar-refractivity contribution < 1.29 is 9.90 Å². The van der Waals surface area contributed by atoms with Gasteiger partial charge >= 0.3 is 0 Å². The topological polar surface area (TPSA) is 52.1 Å². The molecule has 1 atom stereocenters. The van der Waals surface area contributed by atoms with Gasteiger partial charge in [0.05, 0.1) is 6.10 Å². The zero-order chi connectivity index (χ0) is 40.2. The Bertz CT molecular complexity index is 3060. The molecule has 1 N–H and O–H groups in total.